The second-order valence-electron chi connectivity index (χ2n) is 7.43. The van der Waals surface area contributed by atoms with Gasteiger partial charge in [0.25, 0.3) is 0 Å². The van der Waals surface area contributed by atoms with Crippen molar-refractivity contribution < 1.29 is 14.3 Å². The number of carbonyl (C=O) groups excluding carboxylic acids is 2. The Hall–Kier alpha value is -1.30. The molecule has 2 amide bonds. The van der Waals surface area contributed by atoms with Crippen LogP contribution in [0.4, 0.5) is 4.79 Å². The van der Waals surface area contributed by atoms with Crippen molar-refractivity contribution in [3.8, 4) is 0 Å². The highest BCUT2D eigenvalue weighted by Crippen LogP contribution is 2.22. The van der Waals surface area contributed by atoms with Gasteiger partial charge in [0, 0.05) is 32.2 Å². The van der Waals surface area contributed by atoms with Gasteiger partial charge in [0.2, 0.25) is 5.91 Å². The Morgan fingerprint density at radius 2 is 1.68 bits per heavy atom. The van der Waals surface area contributed by atoms with Gasteiger partial charge in [-0.3, -0.25) is 4.79 Å². The van der Waals surface area contributed by atoms with Crippen LogP contribution in [0.25, 0.3) is 0 Å². The summed E-state index contributed by atoms with van der Waals surface area (Å²) in [4.78, 5) is 28.4. The Morgan fingerprint density at radius 3 is 2.27 bits per heavy atom. The zero-order valence-corrected chi connectivity index (χ0v) is 14.0. The minimum Gasteiger partial charge on any atom is -0.444 e. The molecular weight excluding hydrogens is 282 g/mol. The smallest absolute Gasteiger partial charge is 0.410 e. The summed E-state index contributed by atoms with van der Waals surface area (Å²) in [6, 6.07) is 0.216. The van der Waals surface area contributed by atoms with E-state index in [9.17, 15) is 9.59 Å². The molecule has 22 heavy (non-hydrogen) atoms. The molecule has 0 aliphatic carbocycles. The van der Waals surface area contributed by atoms with Crippen LogP contribution in [0.5, 0.6) is 0 Å². The molecule has 2 N–H and O–H groups in total. The molecular formula is C16H29N3O3. The number of rotatable bonds is 1. The fraction of sp³-hybridized carbons (Fsp3) is 0.875. The first-order chi connectivity index (χ1) is 10.3. The third-order valence-corrected chi connectivity index (χ3v) is 4.27. The summed E-state index contributed by atoms with van der Waals surface area (Å²) >= 11 is 0. The molecule has 1 atom stereocenters. The zero-order valence-electron chi connectivity index (χ0n) is 14.0. The molecule has 0 aromatic rings. The summed E-state index contributed by atoms with van der Waals surface area (Å²) in [6.45, 7) is 8.18. The van der Waals surface area contributed by atoms with Crippen molar-refractivity contribution in [2.24, 2.45) is 11.7 Å². The van der Waals surface area contributed by atoms with Crippen molar-refractivity contribution in [1.82, 2.24) is 9.80 Å². The monoisotopic (exact) mass is 311 g/mol. The molecule has 0 spiro atoms. The standard InChI is InChI=1S/C16H29N3O3/c1-16(2,3)22-15(21)19-8-4-5-12(11-19)14(20)18-9-6-13(17)7-10-18/h12-13H,4-11,17H2,1-3H3/t12-/m0/s1. The maximum atomic E-state index is 12.6. The average Bonchev–Trinajstić information content (AvgIpc) is 2.46. The molecule has 0 bridgehead atoms. The molecule has 0 saturated carbocycles. The Labute approximate surface area is 132 Å². The highest BCUT2D eigenvalue weighted by atomic mass is 16.6. The van der Waals surface area contributed by atoms with E-state index in [1.807, 2.05) is 25.7 Å². The first-order valence-electron chi connectivity index (χ1n) is 8.28. The Kier molecular flexibility index (Phi) is 5.32. The van der Waals surface area contributed by atoms with E-state index in [1.54, 1.807) is 4.90 Å². The number of ether oxygens (including phenoxy) is 1. The first-order valence-corrected chi connectivity index (χ1v) is 8.28. The van der Waals surface area contributed by atoms with Gasteiger partial charge >= 0.3 is 6.09 Å². The summed E-state index contributed by atoms with van der Waals surface area (Å²) < 4.78 is 5.41. The molecule has 2 aliphatic rings. The summed E-state index contributed by atoms with van der Waals surface area (Å²) in [5.74, 6) is 0.0655. The third-order valence-electron chi connectivity index (χ3n) is 4.27. The number of likely N-dealkylation sites (tertiary alicyclic amines) is 2. The van der Waals surface area contributed by atoms with Gasteiger partial charge in [0.15, 0.2) is 0 Å². The molecule has 2 saturated heterocycles. The lowest BCUT2D eigenvalue weighted by Crippen LogP contribution is -2.50. The minimum atomic E-state index is -0.503. The highest BCUT2D eigenvalue weighted by molar-refractivity contribution is 5.80. The summed E-state index contributed by atoms with van der Waals surface area (Å²) in [5.41, 5.74) is 5.39. The topological polar surface area (TPSA) is 75.9 Å². The minimum absolute atomic E-state index is 0.101. The molecule has 6 heteroatoms. The molecule has 2 aliphatic heterocycles. The summed E-state index contributed by atoms with van der Waals surface area (Å²) in [6.07, 6.45) is 3.12. The maximum absolute atomic E-state index is 12.6. The number of nitrogens with two attached hydrogens (primary N) is 1. The van der Waals surface area contributed by atoms with Gasteiger partial charge in [-0.05, 0) is 46.5 Å². The van der Waals surface area contributed by atoms with Crippen LogP contribution in [0, 0.1) is 5.92 Å². The number of carbonyl (C=O) groups is 2. The fourth-order valence-electron chi connectivity index (χ4n) is 3.05. The van der Waals surface area contributed by atoms with E-state index in [0.717, 1.165) is 38.8 Å². The quantitative estimate of drug-likeness (QED) is 0.798. The molecule has 2 fully saturated rings. The number of piperidine rings is 2. The number of hydrogen-bond acceptors (Lipinski definition) is 4. The molecule has 0 unspecified atom stereocenters. The van der Waals surface area contributed by atoms with E-state index in [0.29, 0.717) is 13.1 Å². The predicted octanol–water partition coefficient (Wildman–Crippen LogP) is 1.58. The molecule has 2 heterocycles. The SMILES string of the molecule is CC(C)(C)OC(=O)N1CCC[C@H](C(=O)N2CCC(N)CC2)C1. The van der Waals surface area contributed by atoms with Gasteiger partial charge in [0.05, 0.1) is 5.92 Å². The second kappa shape index (κ2) is 6.86. The molecule has 2 rings (SSSR count). The summed E-state index contributed by atoms with van der Waals surface area (Å²) in [7, 11) is 0. The van der Waals surface area contributed by atoms with Gasteiger partial charge in [-0.15, -0.1) is 0 Å². The Balaban J connectivity index is 1.90. The van der Waals surface area contributed by atoms with Crippen LogP contribution < -0.4 is 5.73 Å². The van der Waals surface area contributed by atoms with E-state index >= 15 is 0 Å². The van der Waals surface area contributed by atoms with E-state index in [4.69, 9.17) is 10.5 Å². The Bertz CT molecular complexity index is 411. The molecule has 0 aromatic carbocycles. The van der Waals surface area contributed by atoms with Crippen LogP contribution in [0.15, 0.2) is 0 Å². The third kappa shape index (κ3) is 4.60. The van der Waals surface area contributed by atoms with E-state index in [2.05, 4.69) is 0 Å². The van der Waals surface area contributed by atoms with Crippen molar-refractivity contribution in [2.75, 3.05) is 26.2 Å². The van der Waals surface area contributed by atoms with Crippen LogP contribution in [0.3, 0.4) is 0 Å². The van der Waals surface area contributed by atoms with Crippen LogP contribution in [0.1, 0.15) is 46.5 Å². The lowest BCUT2D eigenvalue weighted by atomic mass is 9.95. The van der Waals surface area contributed by atoms with Gasteiger partial charge in [-0.1, -0.05) is 0 Å². The van der Waals surface area contributed by atoms with Gasteiger partial charge in [-0.25, -0.2) is 4.79 Å². The van der Waals surface area contributed by atoms with Crippen molar-refractivity contribution >= 4 is 12.0 Å². The van der Waals surface area contributed by atoms with E-state index < -0.39 is 5.60 Å². The predicted molar refractivity (Wildman–Crippen MR) is 84.3 cm³/mol. The molecule has 6 nitrogen and oxygen atoms in total. The lowest BCUT2D eigenvalue weighted by molar-refractivity contribution is -0.138. The van der Waals surface area contributed by atoms with Crippen LogP contribution in [0.2, 0.25) is 0 Å². The van der Waals surface area contributed by atoms with Crippen molar-refractivity contribution in [3.05, 3.63) is 0 Å². The highest BCUT2D eigenvalue weighted by Gasteiger charge is 2.33. The van der Waals surface area contributed by atoms with Crippen molar-refractivity contribution in [3.63, 3.8) is 0 Å². The second-order valence-corrected chi connectivity index (χ2v) is 7.43. The largest absolute Gasteiger partial charge is 0.444 e. The lowest BCUT2D eigenvalue weighted by Gasteiger charge is -2.37. The maximum Gasteiger partial charge on any atom is 0.410 e. The fourth-order valence-corrected chi connectivity index (χ4v) is 3.05. The average molecular weight is 311 g/mol. The van der Waals surface area contributed by atoms with Crippen molar-refractivity contribution in [2.45, 2.75) is 58.1 Å². The van der Waals surface area contributed by atoms with Gasteiger partial charge in [0.1, 0.15) is 5.60 Å². The van der Waals surface area contributed by atoms with Crippen LogP contribution in [-0.4, -0.2) is 59.6 Å². The van der Waals surface area contributed by atoms with Gasteiger partial charge in [-0.2, -0.15) is 0 Å². The van der Waals surface area contributed by atoms with Crippen molar-refractivity contribution in [1.29, 1.82) is 0 Å². The van der Waals surface area contributed by atoms with E-state index in [1.165, 1.54) is 0 Å². The Morgan fingerprint density at radius 1 is 1.05 bits per heavy atom. The molecule has 126 valence electrons. The summed E-state index contributed by atoms with van der Waals surface area (Å²) in [5, 5.41) is 0. The van der Waals surface area contributed by atoms with E-state index in [-0.39, 0.29) is 24.0 Å². The first kappa shape index (κ1) is 17.1. The van der Waals surface area contributed by atoms with Crippen LogP contribution in [-0.2, 0) is 9.53 Å². The van der Waals surface area contributed by atoms with Crippen LogP contribution >= 0.6 is 0 Å². The zero-order chi connectivity index (χ0) is 16.3. The normalized spacial score (nSPS) is 24.3. The number of amides is 2. The molecule has 0 radical (unpaired) electrons. The number of nitrogens with zero attached hydrogens (tertiary/aromatic N) is 2. The number of hydrogen-bond donors (Lipinski definition) is 1. The molecule has 0 aromatic heterocycles. The van der Waals surface area contributed by atoms with Gasteiger partial charge < -0.3 is 20.3 Å².